The van der Waals surface area contributed by atoms with Crippen LogP contribution in [-0.2, 0) is 6.54 Å². The number of aromatic nitrogens is 1. The molecule has 2 rings (SSSR count). The Bertz CT molecular complexity index is 369. The molecule has 0 spiro atoms. The summed E-state index contributed by atoms with van der Waals surface area (Å²) in [7, 11) is 0. The second kappa shape index (κ2) is 4.61. The van der Waals surface area contributed by atoms with E-state index < -0.39 is 5.97 Å². The third-order valence-electron chi connectivity index (χ3n) is 3.06. The summed E-state index contributed by atoms with van der Waals surface area (Å²) in [5, 5.41) is 8.71. The Morgan fingerprint density at radius 1 is 1.56 bits per heavy atom. The number of rotatable bonds is 4. The topological polar surface area (TPSA) is 53.4 Å². The average Bonchev–Trinajstić information content (AvgIpc) is 2.23. The van der Waals surface area contributed by atoms with Gasteiger partial charge in [0, 0.05) is 25.8 Å². The number of nitrogens with zero attached hydrogens (tertiary/aromatic N) is 2. The Labute approximate surface area is 94.9 Å². The number of carbonyl (C=O) groups is 1. The lowest BCUT2D eigenvalue weighted by Gasteiger charge is -2.38. The molecule has 2 heterocycles. The van der Waals surface area contributed by atoms with Gasteiger partial charge in [-0.1, -0.05) is 19.4 Å². The van der Waals surface area contributed by atoms with Gasteiger partial charge in [0.1, 0.15) is 5.69 Å². The fourth-order valence-corrected chi connectivity index (χ4v) is 1.97. The van der Waals surface area contributed by atoms with Crippen molar-refractivity contribution in [2.45, 2.75) is 19.9 Å². The Hall–Kier alpha value is -1.42. The first kappa shape index (κ1) is 11.1. The van der Waals surface area contributed by atoms with Crippen molar-refractivity contribution >= 4 is 5.97 Å². The first-order chi connectivity index (χ1) is 7.69. The second-order valence-corrected chi connectivity index (χ2v) is 4.33. The number of likely N-dealkylation sites (tertiary alicyclic amines) is 1. The molecule has 0 amide bonds. The van der Waals surface area contributed by atoms with Gasteiger partial charge in [-0.3, -0.25) is 4.90 Å². The van der Waals surface area contributed by atoms with Crippen molar-refractivity contribution in [2.24, 2.45) is 5.92 Å². The van der Waals surface area contributed by atoms with Crippen molar-refractivity contribution < 1.29 is 9.90 Å². The van der Waals surface area contributed by atoms with E-state index in [0.29, 0.717) is 0 Å². The fraction of sp³-hybridized carbons (Fsp3) is 0.500. The smallest absolute Gasteiger partial charge is 0.354 e. The molecule has 0 aromatic carbocycles. The number of hydrogen-bond donors (Lipinski definition) is 1. The molecule has 1 saturated heterocycles. The molecule has 0 bridgehead atoms. The van der Waals surface area contributed by atoms with Crippen LogP contribution in [0.25, 0.3) is 0 Å². The van der Waals surface area contributed by atoms with Crippen LogP contribution in [0.15, 0.2) is 18.3 Å². The molecule has 1 aromatic rings. The second-order valence-electron chi connectivity index (χ2n) is 4.33. The Morgan fingerprint density at radius 2 is 2.31 bits per heavy atom. The quantitative estimate of drug-likeness (QED) is 0.837. The highest BCUT2D eigenvalue weighted by Crippen LogP contribution is 2.20. The van der Waals surface area contributed by atoms with E-state index in [-0.39, 0.29) is 5.69 Å². The molecule has 4 nitrogen and oxygen atoms in total. The van der Waals surface area contributed by atoms with E-state index in [1.807, 2.05) is 6.07 Å². The highest BCUT2D eigenvalue weighted by molar-refractivity contribution is 5.85. The van der Waals surface area contributed by atoms with Gasteiger partial charge in [0.15, 0.2) is 0 Å². The van der Waals surface area contributed by atoms with Crippen LogP contribution >= 0.6 is 0 Å². The van der Waals surface area contributed by atoms with Crippen LogP contribution in [0, 0.1) is 5.92 Å². The minimum Gasteiger partial charge on any atom is -0.477 e. The molecule has 4 heteroatoms. The summed E-state index contributed by atoms with van der Waals surface area (Å²) in [5.41, 5.74) is 1.19. The Balaban J connectivity index is 1.89. The summed E-state index contributed by atoms with van der Waals surface area (Å²) in [4.78, 5) is 16.9. The molecule has 1 N–H and O–H groups in total. The van der Waals surface area contributed by atoms with Crippen LogP contribution in [-0.4, -0.2) is 34.0 Å². The number of pyridine rings is 1. The molecule has 86 valence electrons. The molecular weight excluding hydrogens is 204 g/mol. The molecular formula is C12H16N2O2. The predicted molar refractivity (Wildman–Crippen MR) is 60.3 cm³/mol. The van der Waals surface area contributed by atoms with Gasteiger partial charge >= 0.3 is 5.97 Å². The monoisotopic (exact) mass is 220 g/mol. The Morgan fingerprint density at radius 3 is 2.81 bits per heavy atom. The maximum Gasteiger partial charge on any atom is 0.354 e. The SMILES string of the molecule is CCC1CN(Cc2ccc(C(=O)O)nc2)C1. The Kier molecular flexibility index (Phi) is 3.19. The number of hydrogen-bond acceptors (Lipinski definition) is 3. The minimum atomic E-state index is -0.971. The molecule has 0 saturated carbocycles. The molecule has 1 fully saturated rings. The van der Waals surface area contributed by atoms with Gasteiger partial charge < -0.3 is 5.11 Å². The van der Waals surface area contributed by atoms with Crippen molar-refractivity contribution in [3.63, 3.8) is 0 Å². The van der Waals surface area contributed by atoms with E-state index in [4.69, 9.17) is 5.11 Å². The molecule has 0 aliphatic carbocycles. The zero-order chi connectivity index (χ0) is 11.5. The lowest BCUT2D eigenvalue weighted by molar-refractivity contribution is 0.0690. The van der Waals surface area contributed by atoms with E-state index in [2.05, 4.69) is 16.8 Å². The van der Waals surface area contributed by atoms with Crippen LogP contribution in [0.4, 0.5) is 0 Å². The van der Waals surface area contributed by atoms with E-state index in [1.165, 1.54) is 6.42 Å². The molecule has 0 radical (unpaired) electrons. The van der Waals surface area contributed by atoms with Crippen molar-refractivity contribution in [3.8, 4) is 0 Å². The lowest BCUT2D eigenvalue weighted by Crippen LogP contribution is -2.45. The van der Waals surface area contributed by atoms with Crippen molar-refractivity contribution in [1.29, 1.82) is 0 Å². The van der Waals surface area contributed by atoms with Gasteiger partial charge in [-0.2, -0.15) is 0 Å². The van der Waals surface area contributed by atoms with Gasteiger partial charge in [0.05, 0.1) is 0 Å². The van der Waals surface area contributed by atoms with Gasteiger partial charge in [-0.25, -0.2) is 9.78 Å². The molecule has 0 unspecified atom stereocenters. The summed E-state index contributed by atoms with van der Waals surface area (Å²) < 4.78 is 0. The third kappa shape index (κ3) is 2.39. The summed E-state index contributed by atoms with van der Waals surface area (Å²) >= 11 is 0. The standard InChI is InChI=1S/C12H16N2O2/c1-2-9-6-14(7-9)8-10-3-4-11(12(15)16)13-5-10/h3-5,9H,2,6-8H2,1H3,(H,15,16). The summed E-state index contributed by atoms with van der Waals surface area (Å²) in [6.07, 6.45) is 2.90. The number of aromatic carboxylic acids is 1. The van der Waals surface area contributed by atoms with Gasteiger partial charge in [-0.05, 0) is 17.5 Å². The minimum absolute atomic E-state index is 0.110. The van der Waals surface area contributed by atoms with Crippen LogP contribution in [0.1, 0.15) is 29.4 Å². The van der Waals surface area contributed by atoms with Crippen molar-refractivity contribution in [2.75, 3.05) is 13.1 Å². The van der Waals surface area contributed by atoms with E-state index in [0.717, 1.165) is 31.1 Å². The zero-order valence-electron chi connectivity index (χ0n) is 9.39. The van der Waals surface area contributed by atoms with E-state index >= 15 is 0 Å². The predicted octanol–water partition coefficient (Wildman–Crippen LogP) is 1.62. The normalized spacial score (nSPS) is 17.1. The number of carboxylic acids is 1. The van der Waals surface area contributed by atoms with Crippen LogP contribution in [0.3, 0.4) is 0 Å². The van der Waals surface area contributed by atoms with Gasteiger partial charge in [0.25, 0.3) is 0 Å². The molecule has 1 aromatic heterocycles. The fourth-order valence-electron chi connectivity index (χ4n) is 1.97. The number of carboxylic acid groups (broad SMARTS) is 1. The maximum absolute atomic E-state index is 10.6. The first-order valence-corrected chi connectivity index (χ1v) is 5.59. The van der Waals surface area contributed by atoms with E-state index in [9.17, 15) is 4.79 Å². The zero-order valence-corrected chi connectivity index (χ0v) is 9.39. The van der Waals surface area contributed by atoms with Crippen LogP contribution in [0.5, 0.6) is 0 Å². The largest absolute Gasteiger partial charge is 0.477 e. The van der Waals surface area contributed by atoms with E-state index in [1.54, 1.807) is 12.3 Å². The maximum atomic E-state index is 10.6. The van der Waals surface area contributed by atoms with Gasteiger partial charge in [-0.15, -0.1) is 0 Å². The highest BCUT2D eigenvalue weighted by atomic mass is 16.4. The molecule has 0 atom stereocenters. The highest BCUT2D eigenvalue weighted by Gasteiger charge is 2.24. The molecule has 16 heavy (non-hydrogen) atoms. The molecule has 1 aliphatic heterocycles. The molecule has 1 aliphatic rings. The van der Waals surface area contributed by atoms with Gasteiger partial charge in [0.2, 0.25) is 0 Å². The summed E-state index contributed by atoms with van der Waals surface area (Å²) in [5.74, 6) is -0.132. The third-order valence-corrected chi connectivity index (χ3v) is 3.06. The van der Waals surface area contributed by atoms with Crippen LogP contribution in [0.2, 0.25) is 0 Å². The van der Waals surface area contributed by atoms with Crippen molar-refractivity contribution in [3.05, 3.63) is 29.6 Å². The average molecular weight is 220 g/mol. The summed E-state index contributed by atoms with van der Waals surface area (Å²) in [6, 6.07) is 3.41. The first-order valence-electron chi connectivity index (χ1n) is 5.59. The van der Waals surface area contributed by atoms with Crippen LogP contribution < -0.4 is 0 Å². The van der Waals surface area contributed by atoms with Crippen molar-refractivity contribution in [1.82, 2.24) is 9.88 Å². The summed E-state index contributed by atoms with van der Waals surface area (Å²) in [6.45, 7) is 5.39. The lowest BCUT2D eigenvalue weighted by atomic mass is 9.97.